The van der Waals surface area contributed by atoms with Gasteiger partial charge in [0.15, 0.2) is 0 Å². The van der Waals surface area contributed by atoms with Gasteiger partial charge in [-0.15, -0.1) is 0 Å². The molecule has 0 radical (unpaired) electrons. The lowest BCUT2D eigenvalue weighted by Crippen LogP contribution is -1.96. The number of aryl methyl sites for hydroxylation is 1. The zero-order valence-corrected chi connectivity index (χ0v) is 10.5. The normalized spacial score (nSPS) is 13.9. The summed E-state index contributed by atoms with van der Waals surface area (Å²) in [4.78, 5) is 2.70. The Bertz CT molecular complexity index is 511. The average molecular weight is 245 g/mol. The van der Waals surface area contributed by atoms with Gasteiger partial charge < -0.3 is 0 Å². The van der Waals surface area contributed by atoms with Crippen LogP contribution in [0.5, 0.6) is 0 Å². The van der Waals surface area contributed by atoms with Gasteiger partial charge in [0.25, 0.3) is 0 Å². The zero-order chi connectivity index (χ0) is 11.0. The molecule has 80 valence electrons. The van der Waals surface area contributed by atoms with E-state index in [2.05, 4.69) is 53.1 Å². The number of anilines is 1. The average Bonchev–Trinajstić information content (AvgIpc) is 2.73. The molecule has 0 aromatic heterocycles. The summed E-state index contributed by atoms with van der Waals surface area (Å²) in [6, 6.07) is 17.1. The fourth-order valence-corrected chi connectivity index (χ4v) is 3.95. The first-order valence-electron chi connectivity index (χ1n) is 5.15. The van der Waals surface area contributed by atoms with Crippen molar-refractivity contribution in [1.29, 1.82) is 0 Å². The molecule has 2 aromatic carbocycles. The third kappa shape index (κ3) is 1.81. The molecule has 16 heavy (non-hydrogen) atoms. The molecule has 0 aliphatic carbocycles. The Morgan fingerprint density at radius 2 is 1.62 bits per heavy atom. The Kier molecular flexibility index (Phi) is 2.58. The van der Waals surface area contributed by atoms with E-state index in [-0.39, 0.29) is 0 Å². The Morgan fingerprint density at radius 1 is 0.875 bits per heavy atom. The number of rotatable bonds is 1. The topological polar surface area (TPSA) is 3.24 Å². The zero-order valence-electron chi connectivity index (χ0n) is 8.88. The standard InChI is InChI=1S/C13H11NS2/c1-10-7-8-12-13(9-10)16-14(15-12)11-5-3-2-4-6-11/h2-9H,1H3. The lowest BCUT2D eigenvalue weighted by molar-refractivity contribution is 1.23. The van der Waals surface area contributed by atoms with Gasteiger partial charge in [-0.25, -0.2) is 3.71 Å². The van der Waals surface area contributed by atoms with Crippen LogP contribution in [0.1, 0.15) is 5.56 Å². The first-order chi connectivity index (χ1) is 7.83. The summed E-state index contributed by atoms with van der Waals surface area (Å²) in [5.74, 6) is 0. The van der Waals surface area contributed by atoms with Crippen molar-refractivity contribution in [3.05, 3.63) is 54.1 Å². The number of para-hydroxylation sites is 1. The molecule has 0 atom stereocenters. The molecule has 1 nitrogen and oxygen atoms in total. The summed E-state index contributed by atoms with van der Waals surface area (Å²) in [7, 11) is 0. The Hall–Kier alpha value is -1.06. The van der Waals surface area contributed by atoms with Gasteiger partial charge in [0.05, 0.1) is 5.69 Å². The molecule has 1 aliphatic rings. The van der Waals surface area contributed by atoms with Crippen LogP contribution >= 0.6 is 23.9 Å². The van der Waals surface area contributed by atoms with Crippen molar-refractivity contribution in [3.63, 3.8) is 0 Å². The van der Waals surface area contributed by atoms with Crippen LogP contribution in [0, 0.1) is 6.92 Å². The van der Waals surface area contributed by atoms with Crippen LogP contribution in [-0.4, -0.2) is 0 Å². The van der Waals surface area contributed by atoms with E-state index in [0.29, 0.717) is 0 Å². The highest BCUT2D eigenvalue weighted by Gasteiger charge is 2.21. The maximum Gasteiger partial charge on any atom is 0.0601 e. The Labute approximate surface area is 104 Å². The van der Waals surface area contributed by atoms with Crippen molar-refractivity contribution in [1.82, 2.24) is 0 Å². The molecule has 0 saturated heterocycles. The highest BCUT2D eigenvalue weighted by Crippen LogP contribution is 2.49. The molecular formula is C13H11NS2. The largest absolute Gasteiger partial charge is 0.249 e. The second-order valence-corrected chi connectivity index (χ2v) is 5.93. The number of fused-ring (bicyclic) bond motifs is 1. The first-order valence-corrected chi connectivity index (χ1v) is 6.69. The molecule has 0 N–H and O–H groups in total. The molecule has 2 aromatic rings. The number of nitrogens with zero attached hydrogens (tertiary/aromatic N) is 1. The van der Waals surface area contributed by atoms with Crippen LogP contribution in [-0.2, 0) is 0 Å². The summed E-state index contributed by atoms with van der Waals surface area (Å²) in [6.07, 6.45) is 0. The van der Waals surface area contributed by atoms with E-state index in [1.165, 1.54) is 21.0 Å². The second-order valence-electron chi connectivity index (χ2n) is 3.73. The first kappa shape index (κ1) is 10.1. The van der Waals surface area contributed by atoms with E-state index >= 15 is 0 Å². The van der Waals surface area contributed by atoms with E-state index in [1.54, 1.807) is 23.9 Å². The third-order valence-electron chi connectivity index (χ3n) is 2.43. The van der Waals surface area contributed by atoms with Crippen molar-refractivity contribution in [3.8, 4) is 0 Å². The molecule has 0 unspecified atom stereocenters. The molecule has 1 heterocycles. The molecule has 3 rings (SSSR count). The van der Waals surface area contributed by atoms with Gasteiger partial charge in [0, 0.05) is 33.7 Å². The Morgan fingerprint density at radius 3 is 2.44 bits per heavy atom. The minimum absolute atomic E-state index is 1.24. The van der Waals surface area contributed by atoms with Gasteiger partial charge in [0.1, 0.15) is 0 Å². The van der Waals surface area contributed by atoms with Crippen LogP contribution in [0.3, 0.4) is 0 Å². The fourth-order valence-electron chi connectivity index (χ4n) is 1.61. The summed E-state index contributed by atoms with van der Waals surface area (Å²) < 4.78 is 2.25. The molecule has 0 bridgehead atoms. The molecule has 1 aliphatic heterocycles. The highest BCUT2D eigenvalue weighted by molar-refractivity contribution is 8.20. The highest BCUT2D eigenvalue weighted by atomic mass is 32.2. The quantitative estimate of drug-likeness (QED) is 0.680. The SMILES string of the molecule is Cc1ccc2c(c1)SN(c1ccccc1)S2. The van der Waals surface area contributed by atoms with E-state index in [0.717, 1.165) is 0 Å². The summed E-state index contributed by atoms with van der Waals surface area (Å²) >= 11 is 3.59. The van der Waals surface area contributed by atoms with E-state index in [9.17, 15) is 0 Å². The maximum absolute atomic E-state index is 2.25. The number of benzene rings is 2. The number of hydrogen-bond acceptors (Lipinski definition) is 3. The fraction of sp³-hybridized carbons (Fsp3) is 0.0769. The van der Waals surface area contributed by atoms with Crippen LogP contribution in [0.15, 0.2) is 58.3 Å². The summed E-state index contributed by atoms with van der Waals surface area (Å²) in [5, 5.41) is 0. The Balaban J connectivity index is 1.91. The smallest absolute Gasteiger partial charge is 0.0601 e. The van der Waals surface area contributed by atoms with E-state index in [4.69, 9.17) is 0 Å². The molecule has 0 fully saturated rings. The van der Waals surface area contributed by atoms with Crippen molar-refractivity contribution in [2.24, 2.45) is 0 Å². The van der Waals surface area contributed by atoms with Gasteiger partial charge in [-0.1, -0.05) is 24.3 Å². The predicted molar refractivity (Wildman–Crippen MR) is 71.8 cm³/mol. The van der Waals surface area contributed by atoms with Gasteiger partial charge in [-0.05, 0) is 36.8 Å². The summed E-state index contributed by atoms with van der Waals surface area (Å²) in [6.45, 7) is 2.14. The predicted octanol–water partition coefficient (Wildman–Crippen LogP) is 4.53. The van der Waals surface area contributed by atoms with Crippen LogP contribution in [0.2, 0.25) is 0 Å². The van der Waals surface area contributed by atoms with Crippen LogP contribution in [0.25, 0.3) is 0 Å². The van der Waals surface area contributed by atoms with E-state index < -0.39 is 0 Å². The minimum Gasteiger partial charge on any atom is -0.249 e. The monoisotopic (exact) mass is 245 g/mol. The molecule has 0 spiro atoms. The van der Waals surface area contributed by atoms with Gasteiger partial charge in [0.2, 0.25) is 0 Å². The molecule has 0 saturated carbocycles. The molecular weight excluding hydrogens is 234 g/mol. The lowest BCUT2D eigenvalue weighted by Gasteiger charge is -2.13. The third-order valence-corrected chi connectivity index (χ3v) is 4.85. The van der Waals surface area contributed by atoms with E-state index in [1.807, 2.05) is 6.07 Å². The summed E-state index contributed by atoms with van der Waals surface area (Å²) in [5.41, 5.74) is 2.56. The van der Waals surface area contributed by atoms with Gasteiger partial charge in [-0.2, -0.15) is 0 Å². The molecule has 0 amide bonds. The van der Waals surface area contributed by atoms with Crippen molar-refractivity contribution in [2.75, 3.05) is 3.71 Å². The lowest BCUT2D eigenvalue weighted by atomic mass is 10.2. The number of hydrogen-bond donors (Lipinski definition) is 0. The second kappa shape index (κ2) is 4.07. The minimum atomic E-state index is 1.24. The van der Waals surface area contributed by atoms with Crippen molar-refractivity contribution < 1.29 is 0 Å². The molecule has 3 heteroatoms. The maximum atomic E-state index is 2.25. The van der Waals surface area contributed by atoms with Crippen LogP contribution < -0.4 is 3.71 Å². The van der Waals surface area contributed by atoms with Crippen molar-refractivity contribution >= 4 is 29.6 Å². The van der Waals surface area contributed by atoms with Gasteiger partial charge in [-0.3, -0.25) is 0 Å². The van der Waals surface area contributed by atoms with Gasteiger partial charge >= 0.3 is 0 Å². The van der Waals surface area contributed by atoms with Crippen LogP contribution in [0.4, 0.5) is 5.69 Å². The van der Waals surface area contributed by atoms with Crippen molar-refractivity contribution in [2.45, 2.75) is 16.7 Å².